The number of ether oxygens (including phenoxy) is 4. The number of esters is 1. The fourth-order valence-electron chi connectivity index (χ4n) is 5.18. The highest BCUT2D eigenvalue weighted by Gasteiger charge is 2.28. The molecule has 3 rings (SSSR count). The lowest BCUT2D eigenvalue weighted by molar-refractivity contribution is -0.147. The van der Waals surface area contributed by atoms with Crippen LogP contribution in [0.3, 0.4) is 0 Å². The van der Waals surface area contributed by atoms with Crippen molar-refractivity contribution in [2.75, 3.05) is 13.7 Å². The van der Waals surface area contributed by atoms with Gasteiger partial charge in [-0.25, -0.2) is 4.79 Å². The highest BCUT2D eigenvalue weighted by Crippen LogP contribution is 2.30. The first-order chi connectivity index (χ1) is 18.6. The largest absolute Gasteiger partial charge is 0.506 e. The number of aliphatic hydroxyl groups excluding tert-OH is 3. The van der Waals surface area contributed by atoms with Gasteiger partial charge in [-0.1, -0.05) is 49.0 Å². The Hall–Kier alpha value is -2.81. The van der Waals surface area contributed by atoms with Gasteiger partial charge in [0.1, 0.15) is 24.1 Å². The van der Waals surface area contributed by atoms with Crippen molar-refractivity contribution in [2.45, 2.75) is 95.7 Å². The van der Waals surface area contributed by atoms with Crippen LogP contribution >= 0.6 is 0 Å². The summed E-state index contributed by atoms with van der Waals surface area (Å²) in [6.45, 7) is 8.74. The summed E-state index contributed by atoms with van der Waals surface area (Å²) >= 11 is 0. The van der Waals surface area contributed by atoms with Crippen LogP contribution in [0, 0.1) is 5.92 Å². The Morgan fingerprint density at radius 3 is 2.74 bits per heavy atom. The number of rotatable bonds is 4. The Bertz CT molecular complexity index is 1000. The van der Waals surface area contributed by atoms with Crippen molar-refractivity contribution in [3.8, 4) is 0 Å². The van der Waals surface area contributed by atoms with Gasteiger partial charge >= 0.3 is 5.97 Å². The van der Waals surface area contributed by atoms with E-state index >= 15 is 0 Å². The van der Waals surface area contributed by atoms with E-state index in [0.717, 1.165) is 37.0 Å². The number of aliphatic hydroxyl groups is 3. The molecular formula is C31H44O8. The standard InChI is InChI=1S/C31H44O8/c1-20-13-14-37-24(16-20)11-12-26(32)28-19-29(36-4)31(35)27(33)18-22(3)15-21(2)17-25-9-5-7-23(38-25)8-6-10-30(34)39-28/h6,8,10-13,21,24-28,32-33,35H,3,5,7,9,14-19H2,1-2,4H3/b10-6-,12-11+,23-8+,31-29-. The van der Waals surface area contributed by atoms with Crippen LogP contribution in [0.15, 0.2) is 71.5 Å². The molecule has 0 aromatic rings. The van der Waals surface area contributed by atoms with E-state index in [9.17, 15) is 20.1 Å². The molecule has 0 aromatic heterocycles. The molecule has 39 heavy (non-hydrogen) atoms. The molecule has 0 aromatic carbocycles. The van der Waals surface area contributed by atoms with E-state index in [4.69, 9.17) is 18.9 Å². The van der Waals surface area contributed by atoms with Crippen LogP contribution < -0.4 is 0 Å². The number of hydrogen-bond acceptors (Lipinski definition) is 8. The van der Waals surface area contributed by atoms with E-state index in [1.165, 1.54) is 24.8 Å². The fourth-order valence-corrected chi connectivity index (χ4v) is 5.18. The van der Waals surface area contributed by atoms with Gasteiger partial charge in [0, 0.05) is 25.3 Å². The fraction of sp³-hybridized carbons (Fsp3) is 0.581. The molecule has 0 aliphatic carbocycles. The SMILES string of the molecule is C=C1CC(C)CC2CCC/C(=C\C=C/C(=O)OC(C(O)/C=C/C3CC(C)=CCO3)C/C(OC)=C(/O)C(O)C1)O2. The number of methoxy groups -OCH3 is 1. The summed E-state index contributed by atoms with van der Waals surface area (Å²) in [7, 11) is 1.36. The minimum absolute atomic E-state index is 0.0245. The van der Waals surface area contributed by atoms with Crippen LogP contribution in [0.4, 0.5) is 0 Å². The van der Waals surface area contributed by atoms with E-state index in [0.29, 0.717) is 19.4 Å². The van der Waals surface area contributed by atoms with Crippen molar-refractivity contribution in [2.24, 2.45) is 5.92 Å². The van der Waals surface area contributed by atoms with Crippen LogP contribution in [0.2, 0.25) is 0 Å². The maximum Gasteiger partial charge on any atom is 0.331 e. The second-order valence-corrected chi connectivity index (χ2v) is 10.8. The molecular weight excluding hydrogens is 500 g/mol. The maximum atomic E-state index is 12.7. The molecule has 216 valence electrons. The highest BCUT2D eigenvalue weighted by atomic mass is 16.6. The second-order valence-electron chi connectivity index (χ2n) is 10.8. The molecule has 0 radical (unpaired) electrons. The monoisotopic (exact) mass is 544 g/mol. The Labute approximate surface area is 232 Å². The van der Waals surface area contributed by atoms with Gasteiger partial charge in [0.05, 0.1) is 31.7 Å². The molecule has 6 atom stereocenters. The van der Waals surface area contributed by atoms with Crippen molar-refractivity contribution in [1.29, 1.82) is 0 Å². The number of cyclic esters (lactones) is 1. The average Bonchev–Trinajstić information content (AvgIpc) is 2.88. The number of hydrogen-bond donors (Lipinski definition) is 3. The lowest BCUT2D eigenvalue weighted by Crippen LogP contribution is -2.31. The molecule has 0 saturated carbocycles. The van der Waals surface area contributed by atoms with Crippen LogP contribution in [0.5, 0.6) is 0 Å². The third-order valence-corrected chi connectivity index (χ3v) is 7.24. The topological polar surface area (TPSA) is 115 Å². The third kappa shape index (κ3) is 10.0. The van der Waals surface area contributed by atoms with Crippen molar-refractivity contribution in [3.05, 3.63) is 71.5 Å². The zero-order valence-corrected chi connectivity index (χ0v) is 23.4. The summed E-state index contributed by atoms with van der Waals surface area (Å²) < 4.78 is 22.8. The molecule has 8 heteroatoms. The Balaban J connectivity index is 1.85. The molecule has 8 nitrogen and oxygen atoms in total. The maximum absolute atomic E-state index is 12.7. The van der Waals surface area contributed by atoms with Crippen LogP contribution in [0.25, 0.3) is 0 Å². The summed E-state index contributed by atoms with van der Waals surface area (Å²) in [5.41, 5.74) is 2.00. The number of allylic oxidation sites excluding steroid dienone is 3. The van der Waals surface area contributed by atoms with Crippen molar-refractivity contribution in [1.82, 2.24) is 0 Å². The summed E-state index contributed by atoms with van der Waals surface area (Å²) in [6, 6.07) is 0. The van der Waals surface area contributed by atoms with Gasteiger partial charge in [-0.2, -0.15) is 0 Å². The van der Waals surface area contributed by atoms with Crippen molar-refractivity contribution in [3.63, 3.8) is 0 Å². The zero-order valence-electron chi connectivity index (χ0n) is 23.4. The molecule has 2 bridgehead atoms. The van der Waals surface area contributed by atoms with Gasteiger partial charge < -0.3 is 34.3 Å². The summed E-state index contributed by atoms with van der Waals surface area (Å²) in [6.07, 6.45) is 11.3. The zero-order chi connectivity index (χ0) is 28.4. The van der Waals surface area contributed by atoms with Crippen molar-refractivity contribution < 1.29 is 39.1 Å². The highest BCUT2D eigenvalue weighted by molar-refractivity contribution is 5.82. The van der Waals surface area contributed by atoms with Gasteiger partial charge in [0.15, 0.2) is 5.76 Å². The summed E-state index contributed by atoms with van der Waals surface area (Å²) in [4.78, 5) is 12.7. The van der Waals surface area contributed by atoms with Gasteiger partial charge in [-0.15, -0.1) is 0 Å². The molecule has 6 unspecified atom stereocenters. The van der Waals surface area contributed by atoms with E-state index in [-0.39, 0.29) is 42.5 Å². The molecule has 3 N–H and O–H groups in total. The number of fused-ring (bicyclic) bond motifs is 2. The molecule has 1 saturated heterocycles. The molecule has 3 heterocycles. The molecule has 0 spiro atoms. The number of carbonyl (C=O) groups excluding carboxylic acids is 1. The van der Waals surface area contributed by atoms with E-state index in [1.807, 2.05) is 13.0 Å². The van der Waals surface area contributed by atoms with Crippen LogP contribution in [-0.4, -0.2) is 65.5 Å². The number of carbonyl (C=O) groups is 1. The van der Waals surface area contributed by atoms with Gasteiger partial charge in [0.2, 0.25) is 0 Å². The first kappa shape index (κ1) is 30.7. The van der Waals surface area contributed by atoms with E-state index < -0.39 is 24.3 Å². The Morgan fingerprint density at radius 1 is 1.21 bits per heavy atom. The normalized spacial score (nSPS) is 34.9. The van der Waals surface area contributed by atoms with E-state index in [1.54, 1.807) is 18.2 Å². The summed E-state index contributed by atoms with van der Waals surface area (Å²) in [5.74, 6) is 0.0908. The lowest BCUT2D eigenvalue weighted by atomic mass is 9.90. The first-order valence-electron chi connectivity index (χ1n) is 13.8. The molecule has 3 aliphatic rings. The van der Waals surface area contributed by atoms with Gasteiger partial charge in [0.25, 0.3) is 0 Å². The first-order valence-corrected chi connectivity index (χ1v) is 13.8. The Kier molecular flexibility index (Phi) is 11.9. The smallest absolute Gasteiger partial charge is 0.331 e. The van der Waals surface area contributed by atoms with E-state index in [2.05, 4.69) is 13.5 Å². The minimum atomic E-state index is -1.24. The molecule has 1 fully saturated rings. The van der Waals surface area contributed by atoms with Crippen LogP contribution in [-0.2, 0) is 23.7 Å². The minimum Gasteiger partial charge on any atom is -0.506 e. The molecule has 0 amide bonds. The third-order valence-electron chi connectivity index (χ3n) is 7.24. The van der Waals surface area contributed by atoms with Crippen LogP contribution in [0.1, 0.15) is 65.2 Å². The predicted octanol–water partition coefficient (Wildman–Crippen LogP) is 5.10. The Morgan fingerprint density at radius 2 is 2.00 bits per heavy atom. The predicted molar refractivity (Wildman–Crippen MR) is 149 cm³/mol. The quantitative estimate of drug-likeness (QED) is 0.331. The average molecular weight is 545 g/mol. The molecule has 3 aliphatic heterocycles. The van der Waals surface area contributed by atoms with Crippen molar-refractivity contribution >= 4 is 5.97 Å². The lowest BCUT2D eigenvalue weighted by Gasteiger charge is -2.28. The summed E-state index contributed by atoms with van der Waals surface area (Å²) in [5, 5.41) is 32.5. The van der Waals surface area contributed by atoms with Gasteiger partial charge in [-0.3, -0.25) is 0 Å². The second kappa shape index (κ2) is 15.1. The van der Waals surface area contributed by atoms with Gasteiger partial charge in [-0.05, 0) is 51.0 Å².